The van der Waals surface area contributed by atoms with Crippen molar-refractivity contribution in [1.82, 2.24) is 9.80 Å². The number of aryl methyl sites for hydroxylation is 1. The zero-order valence-electron chi connectivity index (χ0n) is 16.6. The Morgan fingerprint density at radius 3 is 2.48 bits per heavy atom. The standard InChI is InChI=1S/C23H32N2O2/c1-3-27-23-11-7-6-10-21(23)17-25-14-13-24(18-22(25)12-15-26)16-20-9-5-4-8-19(20)2/h4-11,22,26H,3,12-18H2,1-2H3/t22-/m1/s1. The van der Waals surface area contributed by atoms with E-state index in [0.717, 1.165) is 44.9 Å². The van der Waals surface area contributed by atoms with E-state index < -0.39 is 0 Å². The summed E-state index contributed by atoms with van der Waals surface area (Å²) < 4.78 is 5.80. The molecule has 4 nitrogen and oxygen atoms in total. The van der Waals surface area contributed by atoms with Crippen molar-refractivity contribution in [2.75, 3.05) is 32.8 Å². The van der Waals surface area contributed by atoms with Crippen LogP contribution in [0.3, 0.4) is 0 Å². The first-order chi connectivity index (χ1) is 13.2. The van der Waals surface area contributed by atoms with E-state index in [2.05, 4.69) is 53.1 Å². The van der Waals surface area contributed by atoms with Gasteiger partial charge in [-0.2, -0.15) is 0 Å². The summed E-state index contributed by atoms with van der Waals surface area (Å²) >= 11 is 0. The molecule has 1 heterocycles. The third kappa shape index (κ3) is 5.32. The molecule has 146 valence electrons. The Morgan fingerprint density at radius 1 is 1.00 bits per heavy atom. The fourth-order valence-corrected chi connectivity index (χ4v) is 3.91. The number of benzene rings is 2. The number of ether oxygens (including phenoxy) is 1. The average molecular weight is 369 g/mol. The van der Waals surface area contributed by atoms with Crippen molar-refractivity contribution in [2.24, 2.45) is 0 Å². The van der Waals surface area contributed by atoms with Gasteiger partial charge in [0, 0.05) is 50.9 Å². The van der Waals surface area contributed by atoms with Crippen molar-refractivity contribution in [2.45, 2.75) is 39.4 Å². The molecule has 4 heteroatoms. The molecule has 27 heavy (non-hydrogen) atoms. The number of nitrogens with zero attached hydrogens (tertiary/aromatic N) is 2. The molecule has 0 unspecified atom stereocenters. The number of piperazine rings is 1. The first-order valence-corrected chi connectivity index (χ1v) is 10.0. The molecular formula is C23H32N2O2. The molecule has 0 radical (unpaired) electrons. The van der Waals surface area contributed by atoms with E-state index in [-0.39, 0.29) is 6.61 Å². The van der Waals surface area contributed by atoms with Gasteiger partial charge < -0.3 is 9.84 Å². The van der Waals surface area contributed by atoms with Crippen LogP contribution >= 0.6 is 0 Å². The van der Waals surface area contributed by atoms with Crippen molar-refractivity contribution in [3.05, 3.63) is 65.2 Å². The van der Waals surface area contributed by atoms with Crippen molar-refractivity contribution >= 4 is 0 Å². The SMILES string of the molecule is CCOc1ccccc1CN1CCN(Cc2ccccc2C)C[C@H]1CCO. The predicted octanol–water partition coefficient (Wildman–Crippen LogP) is 3.46. The van der Waals surface area contributed by atoms with Crippen molar-refractivity contribution in [3.63, 3.8) is 0 Å². The van der Waals surface area contributed by atoms with Gasteiger partial charge in [0.2, 0.25) is 0 Å². The highest BCUT2D eigenvalue weighted by atomic mass is 16.5. The molecule has 0 amide bonds. The molecule has 2 aromatic rings. The van der Waals surface area contributed by atoms with Gasteiger partial charge in [-0.25, -0.2) is 0 Å². The van der Waals surface area contributed by atoms with E-state index in [1.807, 2.05) is 19.1 Å². The maximum Gasteiger partial charge on any atom is 0.123 e. The molecule has 1 aliphatic heterocycles. The molecule has 2 aromatic carbocycles. The van der Waals surface area contributed by atoms with Gasteiger partial charge in [-0.1, -0.05) is 42.5 Å². The molecule has 0 saturated carbocycles. The van der Waals surface area contributed by atoms with E-state index >= 15 is 0 Å². The summed E-state index contributed by atoms with van der Waals surface area (Å²) in [5.74, 6) is 0.977. The molecular weight excluding hydrogens is 336 g/mol. The van der Waals surface area contributed by atoms with Gasteiger partial charge in [0.05, 0.1) is 6.61 Å². The second-order valence-corrected chi connectivity index (χ2v) is 7.34. The first-order valence-electron chi connectivity index (χ1n) is 10.0. The molecule has 0 aromatic heterocycles. The highest BCUT2D eigenvalue weighted by Gasteiger charge is 2.27. The van der Waals surface area contributed by atoms with E-state index in [1.165, 1.54) is 16.7 Å². The van der Waals surface area contributed by atoms with Crippen LogP contribution in [0.1, 0.15) is 30.0 Å². The normalized spacial score (nSPS) is 18.6. The van der Waals surface area contributed by atoms with E-state index in [0.29, 0.717) is 12.6 Å². The number of aliphatic hydroxyl groups is 1. The van der Waals surface area contributed by atoms with Gasteiger partial charge >= 0.3 is 0 Å². The Balaban J connectivity index is 1.67. The van der Waals surface area contributed by atoms with Crippen LogP contribution in [-0.4, -0.2) is 53.8 Å². The van der Waals surface area contributed by atoms with E-state index in [1.54, 1.807) is 0 Å². The van der Waals surface area contributed by atoms with Crippen molar-refractivity contribution in [1.29, 1.82) is 0 Å². The molecule has 1 aliphatic rings. The molecule has 1 atom stereocenters. The monoisotopic (exact) mass is 368 g/mol. The summed E-state index contributed by atoms with van der Waals surface area (Å²) in [6.07, 6.45) is 0.807. The minimum Gasteiger partial charge on any atom is -0.494 e. The number of para-hydroxylation sites is 1. The van der Waals surface area contributed by atoms with Gasteiger partial charge in [0.15, 0.2) is 0 Å². The second-order valence-electron chi connectivity index (χ2n) is 7.34. The minimum atomic E-state index is 0.229. The summed E-state index contributed by atoms with van der Waals surface area (Å²) in [5, 5.41) is 9.59. The predicted molar refractivity (Wildman–Crippen MR) is 110 cm³/mol. The van der Waals surface area contributed by atoms with Crippen LogP contribution in [0.5, 0.6) is 5.75 Å². The summed E-state index contributed by atoms with van der Waals surface area (Å²) in [6.45, 7) is 10.0. The maximum atomic E-state index is 9.59. The van der Waals surface area contributed by atoms with Gasteiger partial charge in [0.1, 0.15) is 5.75 Å². The highest BCUT2D eigenvalue weighted by Crippen LogP contribution is 2.24. The lowest BCUT2D eigenvalue weighted by molar-refractivity contribution is 0.0493. The number of aliphatic hydroxyl groups excluding tert-OH is 1. The van der Waals surface area contributed by atoms with Gasteiger partial charge in [-0.05, 0) is 37.5 Å². The smallest absolute Gasteiger partial charge is 0.123 e. The van der Waals surface area contributed by atoms with Crippen LogP contribution in [0, 0.1) is 6.92 Å². The van der Waals surface area contributed by atoms with Crippen LogP contribution in [0.15, 0.2) is 48.5 Å². The quantitative estimate of drug-likeness (QED) is 0.774. The van der Waals surface area contributed by atoms with Gasteiger partial charge in [0.25, 0.3) is 0 Å². The summed E-state index contributed by atoms with van der Waals surface area (Å²) in [4.78, 5) is 5.02. The number of rotatable bonds is 8. The summed E-state index contributed by atoms with van der Waals surface area (Å²) in [6, 6.07) is 17.3. The van der Waals surface area contributed by atoms with Crippen LogP contribution < -0.4 is 4.74 Å². The largest absolute Gasteiger partial charge is 0.494 e. The molecule has 0 aliphatic carbocycles. The van der Waals surface area contributed by atoms with Gasteiger partial charge in [-0.3, -0.25) is 9.80 Å². The van der Waals surface area contributed by atoms with Crippen LogP contribution in [-0.2, 0) is 13.1 Å². The van der Waals surface area contributed by atoms with Crippen molar-refractivity contribution < 1.29 is 9.84 Å². The third-order valence-corrected chi connectivity index (χ3v) is 5.45. The summed E-state index contributed by atoms with van der Waals surface area (Å²) in [5.41, 5.74) is 3.98. The van der Waals surface area contributed by atoms with Gasteiger partial charge in [-0.15, -0.1) is 0 Å². The van der Waals surface area contributed by atoms with Crippen LogP contribution in [0.2, 0.25) is 0 Å². The topological polar surface area (TPSA) is 35.9 Å². The lowest BCUT2D eigenvalue weighted by atomic mass is 10.0. The van der Waals surface area contributed by atoms with E-state index in [4.69, 9.17) is 4.74 Å². The summed E-state index contributed by atoms with van der Waals surface area (Å²) in [7, 11) is 0. The Hall–Kier alpha value is -1.88. The zero-order valence-corrected chi connectivity index (χ0v) is 16.6. The second kappa shape index (κ2) is 9.88. The van der Waals surface area contributed by atoms with E-state index in [9.17, 15) is 5.11 Å². The third-order valence-electron chi connectivity index (χ3n) is 5.45. The molecule has 0 bridgehead atoms. The van der Waals surface area contributed by atoms with Crippen LogP contribution in [0.4, 0.5) is 0 Å². The Morgan fingerprint density at radius 2 is 1.74 bits per heavy atom. The fraction of sp³-hybridized carbons (Fsp3) is 0.478. The first kappa shape index (κ1) is 19.9. The minimum absolute atomic E-state index is 0.229. The molecule has 1 N–H and O–H groups in total. The van der Waals surface area contributed by atoms with Crippen LogP contribution in [0.25, 0.3) is 0 Å². The Bertz CT molecular complexity index is 719. The lowest BCUT2D eigenvalue weighted by Gasteiger charge is -2.41. The molecule has 0 spiro atoms. The zero-order chi connectivity index (χ0) is 19.1. The van der Waals surface area contributed by atoms with Crippen molar-refractivity contribution in [3.8, 4) is 5.75 Å². The molecule has 1 fully saturated rings. The maximum absolute atomic E-state index is 9.59. The Kier molecular flexibility index (Phi) is 7.27. The number of hydrogen-bond acceptors (Lipinski definition) is 4. The fourth-order valence-electron chi connectivity index (χ4n) is 3.91. The molecule has 1 saturated heterocycles. The average Bonchev–Trinajstić information content (AvgIpc) is 2.67. The Labute approximate surface area is 163 Å². The number of hydrogen-bond donors (Lipinski definition) is 1. The molecule has 3 rings (SSSR count). The lowest BCUT2D eigenvalue weighted by Crippen LogP contribution is -2.52. The highest BCUT2D eigenvalue weighted by molar-refractivity contribution is 5.33.